The van der Waals surface area contributed by atoms with Gasteiger partial charge >= 0.3 is 5.97 Å². The van der Waals surface area contributed by atoms with Crippen LogP contribution in [0.25, 0.3) is 0 Å². The number of allylic oxidation sites excluding steroid dienone is 10. The zero-order valence-electron chi connectivity index (χ0n) is 22.0. The fraction of sp³-hybridized carbons (Fsp3) is 0.400. The van der Waals surface area contributed by atoms with E-state index in [0.29, 0.717) is 6.61 Å². The summed E-state index contributed by atoms with van der Waals surface area (Å²) >= 11 is 0. The molecule has 202 valence electrons. The smallest absolute Gasteiger partial charge is 0.339 e. The number of phenols is 1. The molecule has 37 heavy (non-hydrogen) atoms. The Labute approximate surface area is 220 Å². The average Bonchev–Trinajstić information content (AvgIpc) is 2.88. The van der Waals surface area contributed by atoms with Gasteiger partial charge in [0.1, 0.15) is 11.3 Å². The van der Waals surface area contributed by atoms with Crippen molar-refractivity contribution in [3.05, 3.63) is 84.5 Å². The summed E-state index contributed by atoms with van der Waals surface area (Å²) in [5.74, 6) is -2.22. The van der Waals surface area contributed by atoms with Crippen LogP contribution in [0.1, 0.15) is 68.6 Å². The van der Waals surface area contributed by atoms with Gasteiger partial charge in [0.15, 0.2) is 0 Å². The lowest BCUT2D eigenvalue weighted by atomic mass is 10.2. The Bertz CT molecular complexity index is 945. The maximum Gasteiger partial charge on any atom is 0.339 e. The topological polar surface area (TPSA) is 105 Å². The van der Waals surface area contributed by atoms with E-state index in [1.165, 1.54) is 25.3 Å². The molecule has 0 aromatic heterocycles. The first-order chi connectivity index (χ1) is 18.0. The SMILES string of the molecule is CCC=CCC=CCC=CCC=CCC=CCCCCOC(OC)C(=O)Nc1ccc(O)c(C(=O)O)c1. The molecule has 0 aliphatic rings. The third kappa shape index (κ3) is 15.3. The van der Waals surface area contributed by atoms with E-state index in [0.717, 1.165) is 51.4 Å². The molecule has 7 nitrogen and oxygen atoms in total. The first kappa shape index (κ1) is 31.6. The van der Waals surface area contributed by atoms with Crippen LogP contribution in [0.4, 0.5) is 5.69 Å². The van der Waals surface area contributed by atoms with Crippen molar-refractivity contribution in [2.24, 2.45) is 0 Å². The van der Waals surface area contributed by atoms with E-state index in [-0.39, 0.29) is 17.0 Å². The Morgan fingerprint density at radius 2 is 1.46 bits per heavy atom. The summed E-state index contributed by atoms with van der Waals surface area (Å²) in [5.41, 5.74) is -0.0769. The number of carbonyl (C=O) groups is 2. The zero-order valence-corrected chi connectivity index (χ0v) is 22.0. The van der Waals surface area contributed by atoms with Crippen LogP contribution in [0, 0.1) is 0 Å². The second-order valence-corrected chi connectivity index (χ2v) is 8.17. The van der Waals surface area contributed by atoms with Crippen molar-refractivity contribution in [1.82, 2.24) is 0 Å². The number of anilines is 1. The van der Waals surface area contributed by atoms with Crippen molar-refractivity contribution in [3.8, 4) is 5.75 Å². The molecule has 0 bridgehead atoms. The van der Waals surface area contributed by atoms with Crippen molar-refractivity contribution in [3.63, 3.8) is 0 Å². The number of methoxy groups -OCH3 is 1. The number of ether oxygens (including phenoxy) is 2. The van der Waals surface area contributed by atoms with Crippen LogP contribution in [0.5, 0.6) is 5.75 Å². The molecule has 1 aromatic carbocycles. The van der Waals surface area contributed by atoms with E-state index in [9.17, 15) is 14.7 Å². The van der Waals surface area contributed by atoms with Gasteiger partial charge < -0.3 is 25.0 Å². The Morgan fingerprint density at radius 1 is 0.892 bits per heavy atom. The lowest BCUT2D eigenvalue weighted by Crippen LogP contribution is -2.32. The van der Waals surface area contributed by atoms with E-state index in [1.54, 1.807) is 0 Å². The fourth-order valence-corrected chi connectivity index (χ4v) is 3.16. The van der Waals surface area contributed by atoms with Gasteiger partial charge in [-0.05, 0) is 69.6 Å². The fourth-order valence-electron chi connectivity index (χ4n) is 3.16. The van der Waals surface area contributed by atoms with Crippen LogP contribution in [0.2, 0.25) is 0 Å². The molecule has 1 amide bonds. The Kier molecular flexibility index (Phi) is 17.7. The third-order valence-electron chi connectivity index (χ3n) is 5.11. The van der Waals surface area contributed by atoms with Gasteiger partial charge in [-0.25, -0.2) is 4.79 Å². The molecule has 0 heterocycles. The number of aromatic hydroxyl groups is 1. The average molecular weight is 512 g/mol. The summed E-state index contributed by atoms with van der Waals surface area (Å²) in [6.45, 7) is 2.49. The van der Waals surface area contributed by atoms with Gasteiger partial charge in [-0.3, -0.25) is 4.79 Å². The highest BCUT2D eigenvalue weighted by atomic mass is 16.7. The molecule has 0 saturated carbocycles. The lowest BCUT2D eigenvalue weighted by molar-refractivity contribution is -0.160. The van der Waals surface area contributed by atoms with E-state index in [2.05, 4.69) is 73.0 Å². The predicted molar refractivity (Wildman–Crippen MR) is 149 cm³/mol. The molecular formula is C30H41NO6. The standard InChI is InChI=1S/C30H41NO6/c1-3-4-5-6-7-8-9-10-11-12-13-14-15-16-17-18-19-20-23-37-30(36-2)28(33)31-25-21-22-27(32)26(24-25)29(34)35/h4-5,7-8,10-11,13-14,16-17,21-22,24,30,32H,3,6,9,12,15,18-20,23H2,1-2H3,(H,31,33)(H,34,35). The van der Waals surface area contributed by atoms with Gasteiger partial charge in [0, 0.05) is 12.8 Å². The minimum absolute atomic E-state index is 0.226. The van der Waals surface area contributed by atoms with Gasteiger partial charge in [0.05, 0.1) is 6.61 Å². The number of rotatable bonds is 19. The minimum Gasteiger partial charge on any atom is -0.507 e. The molecule has 0 radical (unpaired) electrons. The van der Waals surface area contributed by atoms with Gasteiger partial charge in [0.25, 0.3) is 5.91 Å². The van der Waals surface area contributed by atoms with Crippen molar-refractivity contribution in [1.29, 1.82) is 0 Å². The Morgan fingerprint density at radius 3 is 2.00 bits per heavy atom. The summed E-state index contributed by atoms with van der Waals surface area (Å²) in [5, 5.41) is 21.2. The number of nitrogens with one attached hydrogen (secondary N) is 1. The normalized spacial score (nSPS) is 13.0. The van der Waals surface area contributed by atoms with Crippen molar-refractivity contribution in [2.45, 2.75) is 64.6 Å². The summed E-state index contributed by atoms with van der Waals surface area (Å²) in [6.07, 6.45) is 28.1. The van der Waals surface area contributed by atoms with Crippen molar-refractivity contribution >= 4 is 17.6 Å². The number of amides is 1. The summed E-state index contributed by atoms with van der Waals surface area (Å²) in [6, 6.07) is 3.78. The molecule has 0 aliphatic carbocycles. The van der Waals surface area contributed by atoms with Crippen molar-refractivity contribution < 1.29 is 29.3 Å². The first-order valence-electron chi connectivity index (χ1n) is 12.8. The number of hydrogen-bond donors (Lipinski definition) is 3. The first-order valence-corrected chi connectivity index (χ1v) is 12.8. The monoisotopic (exact) mass is 511 g/mol. The number of aromatic carboxylic acids is 1. The molecule has 7 heteroatoms. The van der Waals surface area contributed by atoms with Crippen LogP contribution in [0.15, 0.2) is 79.0 Å². The van der Waals surface area contributed by atoms with Gasteiger partial charge in [-0.1, -0.05) is 67.7 Å². The molecule has 0 spiro atoms. The van der Waals surface area contributed by atoms with E-state index in [1.807, 2.05) is 0 Å². The summed E-state index contributed by atoms with van der Waals surface area (Å²) < 4.78 is 10.6. The molecule has 1 rings (SSSR count). The largest absolute Gasteiger partial charge is 0.507 e. The van der Waals surface area contributed by atoms with Gasteiger partial charge in [0.2, 0.25) is 6.29 Å². The zero-order chi connectivity index (χ0) is 27.1. The van der Waals surface area contributed by atoms with E-state index in [4.69, 9.17) is 14.6 Å². The second-order valence-electron chi connectivity index (χ2n) is 8.17. The van der Waals surface area contributed by atoms with E-state index < -0.39 is 18.2 Å². The summed E-state index contributed by atoms with van der Waals surface area (Å²) in [4.78, 5) is 23.4. The molecule has 1 atom stereocenters. The number of carbonyl (C=O) groups excluding carboxylic acids is 1. The number of carboxylic acids is 1. The minimum atomic E-state index is -1.29. The third-order valence-corrected chi connectivity index (χ3v) is 5.11. The lowest BCUT2D eigenvalue weighted by Gasteiger charge is -2.16. The summed E-state index contributed by atoms with van der Waals surface area (Å²) in [7, 11) is 1.36. The Balaban J connectivity index is 2.15. The quantitative estimate of drug-likeness (QED) is 0.0804. The van der Waals surface area contributed by atoms with Crippen LogP contribution < -0.4 is 5.32 Å². The number of benzene rings is 1. The maximum atomic E-state index is 12.3. The predicted octanol–water partition coefficient (Wildman–Crippen LogP) is 6.94. The highest BCUT2D eigenvalue weighted by Gasteiger charge is 2.19. The molecular weight excluding hydrogens is 470 g/mol. The highest BCUT2D eigenvalue weighted by Crippen LogP contribution is 2.21. The van der Waals surface area contributed by atoms with Crippen molar-refractivity contribution in [2.75, 3.05) is 19.0 Å². The second kappa shape index (κ2) is 20.7. The Hall–Kier alpha value is -3.42. The molecule has 3 N–H and O–H groups in total. The van der Waals surface area contributed by atoms with Gasteiger partial charge in [-0.2, -0.15) is 0 Å². The highest BCUT2D eigenvalue weighted by molar-refractivity contribution is 5.96. The molecule has 1 aromatic rings. The molecule has 0 saturated heterocycles. The number of unbranched alkanes of at least 4 members (excludes halogenated alkanes) is 2. The van der Waals surface area contributed by atoms with Crippen LogP contribution in [-0.2, 0) is 14.3 Å². The van der Waals surface area contributed by atoms with Gasteiger partial charge in [-0.15, -0.1) is 0 Å². The van der Waals surface area contributed by atoms with Crippen LogP contribution in [0.3, 0.4) is 0 Å². The number of carboxylic acid groups (broad SMARTS) is 1. The molecule has 1 unspecified atom stereocenters. The molecule has 0 aliphatic heterocycles. The van der Waals surface area contributed by atoms with E-state index >= 15 is 0 Å². The maximum absolute atomic E-state index is 12.3. The van der Waals surface area contributed by atoms with Crippen LogP contribution in [-0.4, -0.2) is 42.1 Å². The molecule has 0 fully saturated rings. The van der Waals surface area contributed by atoms with Crippen LogP contribution >= 0.6 is 0 Å². The number of hydrogen-bond acceptors (Lipinski definition) is 5.